The third-order valence-corrected chi connectivity index (χ3v) is 4.05. The number of urea groups is 1. The van der Waals surface area contributed by atoms with E-state index in [1.807, 2.05) is 30.3 Å². The maximum atomic E-state index is 12.8. The van der Waals surface area contributed by atoms with E-state index in [0.717, 1.165) is 5.56 Å². The van der Waals surface area contributed by atoms with Crippen LogP contribution in [0.2, 0.25) is 0 Å². The number of rotatable bonds is 5. The van der Waals surface area contributed by atoms with Crippen LogP contribution in [0.5, 0.6) is 0 Å². The van der Waals surface area contributed by atoms with Crippen LogP contribution in [0.1, 0.15) is 11.6 Å². The lowest BCUT2D eigenvalue weighted by atomic mass is 9.96. The van der Waals surface area contributed by atoms with E-state index in [0.29, 0.717) is 24.4 Å². The van der Waals surface area contributed by atoms with Crippen LogP contribution in [0.3, 0.4) is 0 Å². The van der Waals surface area contributed by atoms with Crippen molar-refractivity contribution in [2.75, 3.05) is 27.3 Å². The standard InChI is InChI=1S/C16H19N3O4/c1-22-12(23-2)9-19-8-11-13(15(19)20)14(18-16(21)17-11)10-6-4-3-5-7-10/h3-7,12,14H,8-9H2,1-2H3,(H2,17,18,21)/t14-/m1/s1. The lowest BCUT2D eigenvalue weighted by molar-refractivity contribution is -0.140. The third kappa shape index (κ3) is 2.93. The summed E-state index contributed by atoms with van der Waals surface area (Å²) in [5.41, 5.74) is 2.08. The number of hydrogen-bond donors (Lipinski definition) is 2. The van der Waals surface area contributed by atoms with Crippen molar-refractivity contribution in [2.24, 2.45) is 0 Å². The van der Waals surface area contributed by atoms with E-state index in [9.17, 15) is 9.59 Å². The summed E-state index contributed by atoms with van der Waals surface area (Å²) in [7, 11) is 3.05. The predicted molar refractivity (Wildman–Crippen MR) is 82.3 cm³/mol. The molecular formula is C16H19N3O4. The van der Waals surface area contributed by atoms with Gasteiger partial charge in [0.15, 0.2) is 6.29 Å². The summed E-state index contributed by atoms with van der Waals surface area (Å²) in [6.07, 6.45) is -0.501. The molecule has 3 amide bonds. The largest absolute Gasteiger partial charge is 0.354 e. The topological polar surface area (TPSA) is 79.9 Å². The number of nitrogens with one attached hydrogen (secondary N) is 2. The predicted octanol–water partition coefficient (Wildman–Crippen LogP) is 0.756. The average Bonchev–Trinajstić information content (AvgIpc) is 2.88. The smallest absolute Gasteiger partial charge is 0.319 e. The van der Waals surface area contributed by atoms with Crippen molar-refractivity contribution in [2.45, 2.75) is 12.3 Å². The molecule has 2 heterocycles. The van der Waals surface area contributed by atoms with E-state index in [1.165, 1.54) is 14.2 Å². The summed E-state index contributed by atoms with van der Waals surface area (Å²) >= 11 is 0. The third-order valence-electron chi connectivity index (χ3n) is 4.05. The molecule has 7 nitrogen and oxygen atoms in total. The molecule has 3 rings (SSSR count). The molecule has 0 aliphatic carbocycles. The van der Waals surface area contributed by atoms with Crippen LogP contribution < -0.4 is 10.6 Å². The van der Waals surface area contributed by atoms with E-state index < -0.39 is 12.3 Å². The lowest BCUT2D eigenvalue weighted by Gasteiger charge is -2.25. The minimum Gasteiger partial charge on any atom is -0.354 e. The van der Waals surface area contributed by atoms with Crippen LogP contribution in [0.15, 0.2) is 41.6 Å². The van der Waals surface area contributed by atoms with Crippen molar-refractivity contribution in [3.63, 3.8) is 0 Å². The van der Waals surface area contributed by atoms with Gasteiger partial charge in [-0.1, -0.05) is 30.3 Å². The SMILES string of the molecule is COC(CN1CC2=C(C1=O)[C@@H](c1ccccc1)NC(=O)N2)OC. The molecule has 1 aromatic rings. The van der Waals surface area contributed by atoms with E-state index in [4.69, 9.17) is 9.47 Å². The molecule has 23 heavy (non-hydrogen) atoms. The Morgan fingerprint density at radius 2 is 1.91 bits per heavy atom. The fraction of sp³-hybridized carbons (Fsp3) is 0.375. The molecule has 1 aromatic carbocycles. The van der Waals surface area contributed by atoms with Gasteiger partial charge in [-0.25, -0.2) is 4.79 Å². The highest BCUT2D eigenvalue weighted by atomic mass is 16.7. The molecule has 2 aliphatic rings. The number of methoxy groups -OCH3 is 2. The molecular weight excluding hydrogens is 298 g/mol. The Morgan fingerprint density at radius 3 is 2.57 bits per heavy atom. The van der Waals surface area contributed by atoms with E-state index in [2.05, 4.69) is 10.6 Å². The fourth-order valence-electron chi connectivity index (χ4n) is 2.90. The first kappa shape index (κ1) is 15.5. The number of hydrogen-bond acceptors (Lipinski definition) is 4. The molecule has 0 unspecified atom stereocenters. The molecule has 0 saturated heterocycles. The lowest BCUT2D eigenvalue weighted by Crippen LogP contribution is -2.44. The summed E-state index contributed by atoms with van der Waals surface area (Å²) in [5, 5.41) is 5.55. The highest BCUT2D eigenvalue weighted by Crippen LogP contribution is 2.32. The van der Waals surface area contributed by atoms with Gasteiger partial charge < -0.3 is 25.0 Å². The quantitative estimate of drug-likeness (QED) is 0.786. The Balaban J connectivity index is 1.87. The van der Waals surface area contributed by atoms with Gasteiger partial charge in [0.25, 0.3) is 5.91 Å². The van der Waals surface area contributed by atoms with Gasteiger partial charge in [-0.05, 0) is 5.56 Å². The van der Waals surface area contributed by atoms with Crippen molar-refractivity contribution in [1.29, 1.82) is 0 Å². The van der Waals surface area contributed by atoms with Gasteiger partial charge in [0.1, 0.15) is 0 Å². The number of benzene rings is 1. The maximum Gasteiger partial charge on any atom is 0.319 e. The zero-order chi connectivity index (χ0) is 16.4. The monoisotopic (exact) mass is 317 g/mol. The van der Waals surface area contributed by atoms with Crippen molar-refractivity contribution < 1.29 is 19.1 Å². The molecule has 1 atom stereocenters. The first-order valence-corrected chi connectivity index (χ1v) is 7.34. The van der Waals surface area contributed by atoms with Gasteiger partial charge in [0.05, 0.1) is 30.4 Å². The molecule has 2 N–H and O–H groups in total. The van der Waals surface area contributed by atoms with Crippen LogP contribution in [-0.2, 0) is 14.3 Å². The summed E-state index contributed by atoms with van der Waals surface area (Å²) < 4.78 is 10.3. The zero-order valence-electron chi connectivity index (χ0n) is 13.0. The number of carbonyl (C=O) groups is 2. The van der Waals surface area contributed by atoms with E-state index >= 15 is 0 Å². The molecule has 0 aromatic heterocycles. The van der Waals surface area contributed by atoms with Gasteiger partial charge in [0.2, 0.25) is 0 Å². The summed E-state index contributed by atoms with van der Waals surface area (Å²) in [6, 6.07) is 8.70. The fourth-order valence-corrected chi connectivity index (χ4v) is 2.90. The number of ether oxygens (including phenoxy) is 2. The Morgan fingerprint density at radius 1 is 1.22 bits per heavy atom. The molecule has 7 heteroatoms. The van der Waals surface area contributed by atoms with Crippen molar-refractivity contribution >= 4 is 11.9 Å². The van der Waals surface area contributed by atoms with Crippen LogP contribution in [0.25, 0.3) is 0 Å². The second kappa shape index (κ2) is 6.39. The second-order valence-electron chi connectivity index (χ2n) is 5.42. The van der Waals surface area contributed by atoms with E-state index in [-0.39, 0.29) is 11.9 Å². The van der Waals surface area contributed by atoms with Crippen LogP contribution in [0.4, 0.5) is 4.79 Å². The highest BCUT2D eigenvalue weighted by molar-refractivity contribution is 6.01. The molecule has 0 fully saturated rings. The summed E-state index contributed by atoms with van der Waals surface area (Å²) in [5.74, 6) is -0.125. The average molecular weight is 317 g/mol. The minimum absolute atomic E-state index is 0.125. The zero-order valence-corrected chi connectivity index (χ0v) is 13.0. The van der Waals surface area contributed by atoms with Crippen molar-refractivity contribution in [3.8, 4) is 0 Å². The first-order valence-electron chi connectivity index (χ1n) is 7.34. The molecule has 0 bridgehead atoms. The number of nitrogens with zero attached hydrogens (tertiary/aromatic N) is 1. The van der Waals surface area contributed by atoms with Gasteiger partial charge in [-0.2, -0.15) is 0 Å². The molecule has 122 valence electrons. The highest BCUT2D eigenvalue weighted by Gasteiger charge is 2.40. The van der Waals surface area contributed by atoms with Gasteiger partial charge in [-0.15, -0.1) is 0 Å². The maximum absolute atomic E-state index is 12.8. The first-order chi connectivity index (χ1) is 11.1. The van der Waals surface area contributed by atoms with Gasteiger partial charge >= 0.3 is 6.03 Å². The van der Waals surface area contributed by atoms with Gasteiger partial charge in [-0.3, -0.25) is 4.79 Å². The number of amides is 3. The van der Waals surface area contributed by atoms with Crippen molar-refractivity contribution in [1.82, 2.24) is 15.5 Å². The Bertz CT molecular complexity index is 640. The molecule has 0 saturated carbocycles. The second-order valence-corrected chi connectivity index (χ2v) is 5.42. The van der Waals surface area contributed by atoms with E-state index in [1.54, 1.807) is 4.90 Å². The molecule has 0 spiro atoms. The summed E-state index contributed by atoms with van der Waals surface area (Å²) in [6.45, 7) is 0.643. The normalized spacial score (nSPS) is 20.7. The van der Waals surface area contributed by atoms with Crippen LogP contribution in [0, 0.1) is 0 Å². The minimum atomic E-state index is -0.501. The Kier molecular flexibility index (Phi) is 4.31. The van der Waals surface area contributed by atoms with Crippen molar-refractivity contribution in [3.05, 3.63) is 47.2 Å². The van der Waals surface area contributed by atoms with Gasteiger partial charge in [0, 0.05) is 14.2 Å². The Labute approximate surface area is 134 Å². The van der Waals surface area contributed by atoms with Crippen LogP contribution in [-0.4, -0.2) is 50.4 Å². The molecule has 2 aliphatic heterocycles. The number of carbonyl (C=O) groups excluding carboxylic acids is 2. The molecule has 0 radical (unpaired) electrons. The van der Waals surface area contributed by atoms with Crippen LogP contribution >= 0.6 is 0 Å². The summed E-state index contributed by atoms with van der Waals surface area (Å²) in [4.78, 5) is 26.3. The Hall–Kier alpha value is -2.38.